The van der Waals surface area contributed by atoms with E-state index in [1.807, 2.05) is 36.1 Å². The van der Waals surface area contributed by atoms with Crippen molar-refractivity contribution in [3.8, 4) is 5.75 Å². The van der Waals surface area contributed by atoms with E-state index in [4.69, 9.17) is 4.74 Å². The molecule has 5 heteroatoms. The Morgan fingerprint density at radius 2 is 2.26 bits per heavy atom. The van der Waals surface area contributed by atoms with Gasteiger partial charge in [-0.05, 0) is 26.0 Å². The van der Waals surface area contributed by atoms with Crippen molar-refractivity contribution >= 4 is 11.7 Å². The van der Waals surface area contributed by atoms with Crippen molar-refractivity contribution in [3.05, 3.63) is 24.3 Å². The summed E-state index contributed by atoms with van der Waals surface area (Å²) in [6, 6.07) is 7.84. The van der Waals surface area contributed by atoms with E-state index in [1.165, 1.54) is 0 Å². The van der Waals surface area contributed by atoms with Gasteiger partial charge in [0.2, 0.25) is 0 Å². The molecule has 1 aromatic carbocycles. The molecule has 2 amide bonds. The van der Waals surface area contributed by atoms with E-state index in [1.54, 1.807) is 7.11 Å². The molecule has 0 bridgehead atoms. The summed E-state index contributed by atoms with van der Waals surface area (Å²) in [5.41, 5.74) is 0.753. The minimum absolute atomic E-state index is 0.0610. The van der Waals surface area contributed by atoms with Crippen molar-refractivity contribution in [2.45, 2.75) is 25.9 Å². The number of piperazine rings is 1. The molecule has 1 heterocycles. The minimum Gasteiger partial charge on any atom is -0.497 e. The first-order valence-corrected chi connectivity index (χ1v) is 6.55. The summed E-state index contributed by atoms with van der Waals surface area (Å²) in [6.07, 6.45) is 0. The van der Waals surface area contributed by atoms with Crippen LogP contribution in [0.15, 0.2) is 24.3 Å². The van der Waals surface area contributed by atoms with Gasteiger partial charge in [0.1, 0.15) is 5.75 Å². The largest absolute Gasteiger partial charge is 0.497 e. The van der Waals surface area contributed by atoms with E-state index in [2.05, 4.69) is 17.6 Å². The molecule has 1 fully saturated rings. The normalized spacial score (nSPS) is 23.0. The summed E-state index contributed by atoms with van der Waals surface area (Å²) in [4.78, 5) is 14.1. The van der Waals surface area contributed by atoms with E-state index in [0.29, 0.717) is 6.04 Å². The second-order valence-corrected chi connectivity index (χ2v) is 4.97. The highest BCUT2D eigenvalue weighted by atomic mass is 16.5. The van der Waals surface area contributed by atoms with Gasteiger partial charge in [0.25, 0.3) is 0 Å². The number of hydrogen-bond donors (Lipinski definition) is 2. The summed E-state index contributed by atoms with van der Waals surface area (Å²) in [5, 5.41) is 6.27. The van der Waals surface area contributed by atoms with Crippen molar-refractivity contribution in [3.63, 3.8) is 0 Å². The second-order valence-electron chi connectivity index (χ2n) is 4.97. The average molecular weight is 263 g/mol. The Morgan fingerprint density at radius 1 is 1.47 bits per heavy atom. The standard InChI is InChI=1S/C14H21N3O2/c1-10-9-17(11(2)8-15-10)14(18)16-12-5-4-6-13(7-12)19-3/h4-7,10-11,15H,8-9H2,1-3H3,(H,16,18). The topological polar surface area (TPSA) is 53.6 Å². The Balaban J connectivity index is 2.03. The van der Waals surface area contributed by atoms with Gasteiger partial charge in [0.15, 0.2) is 0 Å². The van der Waals surface area contributed by atoms with Crippen LogP contribution >= 0.6 is 0 Å². The molecule has 2 unspecified atom stereocenters. The van der Waals surface area contributed by atoms with Gasteiger partial charge < -0.3 is 20.3 Å². The van der Waals surface area contributed by atoms with Crippen LogP contribution in [0.5, 0.6) is 5.75 Å². The average Bonchev–Trinajstić information content (AvgIpc) is 2.41. The number of nitrogens with zero attached hydrogens (tertiary/aromatic N) is 1. The molecule has 1 aliphatic heterocycles. The molecule has 2 N–H and O–H groups in total. The first-order chi connectivity index (χ1) is 9.10. The lowest BCUT2D eigenvalue weighted by molar-refractivity contribution is 0.161. The Labute approximate surface area is 113 Å². The lowest BCUT2D eigenvalue weighted by atomic mass is 10.1. The summed E-state index contributed by atoms with van der Waals surface area (Å²) in [5.74, 6) is 0.736. The zero-order valence-electron chi connectivity index (χ0n) is 11.6. The maximum absolute atomic E-state index is 12.3. The van der Waals surface area contributed by atoms with E-state index < -0.39 is 0 Å². The molecule has 5 nitrogen and oxygen atoms in total. The van der Waals surface area contributed by atoms with Crippen molar-refractivity contribution in [2.75, 3.05) is 25.5 Å². The Hall–Kier alpha value is -1.75. The molecule has 0 spiro atoms. The van der Waals surface area contributed by atoms with Gasteiger partial charge in [0.05, 0.1) is 7.11 Å². The Morgan fingerprint density at radius 3 is 3.00 bits per heavy atom. The number of amides is 2. The van der Waals surface area contributed by atoms with E-state index in [9.17, 15) is 4.79 Å². The molecular formula is C14H21N3O2. The first-order valence-electron chi connectivity index (χ1n) is 6.55. The van der Waals surface area contributed by atoms with Crippen molar-refractivity contribution in [1.82, 2.24) is 10.2 Å². The highest BCUT2D eigenvalue weighted by Gasteiger charge is 2.26. The van der Waals surface area contributed by atoms with Crippen LogP contribution in [0, 0.1) is 0 Å². The van der Waals surface area contributed by atoms with Crippen LogP contribution in [0.1, 0.15) is 13.8 Å². The van der Waals surface area contributed by atoms with Gasteiger partial charge in [-0.1, -0.05) is 6.07 Å². The van der Waals surface area contributed by atoms with E-state index in [0.717, 1.165) is 24.5 Å². The summed E-state index contributed by atoms with van der Waals surface area (Å²) in [7, 11) is 1.61. The van der Waals surface area contributed by atoms with Gasteiger partial charge in [-0.15, -0.1) is 0 Å². The maximum atomic E-state index is 12.3. The van der Waals surface area contributed by atoms with Crippen LogP contribution in [0.25, 0.3) is 0 Å². The molecular weight excluding hydrogens is 242 g/mol. The number of anilines is 1. The Kier molecular flexibility index (Phi) is 4.27. The quantitative estimate of drug-likeness (QED) is 0.857. The zero-order valence-corrected chi connectivity index (χ0v) is 11.6. The number of urea groups is 1. The van der Waals surface area contributed by atoms with Gasteiger partial charge in [-0.2, -0.15) is 0 Å². The van der Waals surface area contributed by atoms with Crippen LogP contribution in [0.4, 0.5) is 10.5 Å². The van der Waals surface area contributed by atoms with Crippen LogP contribution < -0.4 is 15.4 Å². The number of benzene rings is 1. The third kappa shape index (κ3) is 3.38. The zero-order chi connectivity index (χ0) is 13.8. The molecule has 0 aromatic heterocycles. The maximum Gasteiger partial charge on any atom is 0.322 e. The molecule has 0 aliphatic carbocycles. The summed E-state index contributed by atoms with van der Waals surface area (Å²) < 4.78 is 5.15. The van der Waals surface area contributed by atoms with Gasteiger partial charge in [-0.3, -0.25) is 0 Å². The monoisotopic (exact) mass is 263 g/mol. The highest BCUT2D eigenvalue weighted by molar-refractivity contribution is 5.89. The van der Waals surface area contributed by atoms with Crippen LogP contribution in [-0.4, -0.2) is 43.2 Å². The summed E-state index contributed by atoms with van der Waals surface area (Å²) in [6.45, 7) is 5.67. The first kappa shape index (κ1) is 13.7. The lowest BCUT2D eigenvalue weighted by Crippen LogP contribution is -2.57. The number of nitrogens with one attached hydrogen (secondary N) is 2. The van der Waals surface area contributed by atoms with E-state index in [-0.39, 0.29) is 12.1 Å². The molecule has 0 radical (unpaired) electrons. The lowest BCUT2D eigenvalue weighted by Gasteiger charge is -2.37. The third-order valence-corrected chi connectivity index (χ3v) is 3.35. The fourth-order valence-corrected chi connectivity index (χ4v) is 2.20. The molecule has 1 aliphatic rings. The molecule has 0 saturated carbocycles. The van der Waals surface area contributed by atoms with Crippen molar-refractivity contribution in [1.29, 1.82) is 0 Å². The predicted octanol–water partition coefficient (Wildman–Crippen LogP) is 1.91. The molecule has 1 saturated heterocycles. The van der Waals surface area contributed by atoms with E-state index >= 15 is 0 Å². The number of rotatable bonds is 2. The minimum atomic E-state index is -0.0610. The smallest absolute Gasteiger partial charge is 0.322 e. The predicted molar refractivity (Wildman–Crippen MR) is 75.6 cm³/mol. The Bertz CT molecular complexity index is 450. The molecule has 104 valence electrons. The van der Waals surface area contributed by atoms with Crippen LogP contribution in [0.2, 0.25) is 0 Å². The second kappa shape index (κ2) is 5.93. The van der Waals surface area contributed by atoms with Gasteiger partial charge >= 0.3 is 6.03 Å². The molecule has 2 atom stereocenters. The highest BCUT2D eigenvalue weighted by Crippen LogP contribution is 2.18. The van der Waals surface area contributed by atoms with Crippen LogP contribution in [-0.2, 0) is 0 Å². The fourth-order valence-electron chi connectivity index (χ4n) is 2.20. The van der Waals surface area contributed by atoms with Gasteiger partial charge in [-0.25, -0.2) is 4.79 Å². The SMILES string of the molecule is COc1cccc(NC(=O)N2CC(C)NCC2C)c1. The van der Waals surface area contributed by atoms with Crippen LogP contribution in [0.3, 0.4) is 0 Å². The number of hydrogen-bond acceptors (Lipinski definition) is 3. The molecule has 2 rings (SSSR count). The molecule has 19 heavy (non-hydrogen) atoms. The van der Waals surface area contributed by atoms with Crippen molar-refractivity contribution in [2.24, 2.45) is 0 Å². The number of carbonyl (C=O) groups is 1. The molecule has 1 aromatic rings. The summed E-state index contributed by atoms with van der Waals surface area (Å²) >= 11 is 0. The van der Waals surface area contributed by atoms with Crippen molar-refractivity contribution < 1.29 is 9.53 Å². The number of methoxy groups -OCH3 is 1. The number of ether oxygens (including phenoxy) is 1. The van der Waals surface area contributed by atoms with Gasteiger partial charge in [0, 0.05) is 36.9 Å². The fraction of sp³-hybridized carbons (Fsp3) is 0.500. The third-order valence-electron chi connectivity index (χ3n) is 3.35. The number of carbonyl (C=O) groups excluding carboxylic acids is 1.